The van der Waals surface area contributed by atoms with Crippen molar-refractivity contribution in [1.82, 2.24) is 9.80 Å². The van der Waals surface area contributed by atoms with E-state index in [1.807, 2.05) is 0 Å². The van der Waals surface area contributed by atoms with Crippen LogP contribution in [0, 0.1) is 0 Å². The van der Waals surface area contributed by atoms with Gasteiger partial charge in [0, 0.05) is 52.5 Å². The van der Waals surface area contributed by atoms with Gasteiger partial charge in [-0.1, -0.05) is 103 Å². The molecule has 35 heavy (non-hydrogen) atoms. The predicted octanol–water partition coefficient (Wildman–Crippen LogP) is 6.33. The normalized spacial score (nSPS) is 14.8. The summed E-state index contributed by atoms with van der Waals surface area (Å²) in [6.07, 6.45) is 0. The molecule has 0 radical (unpaired) electrons. The van der Waals surface area contributed by atoms with Gasteiger partial charge in [0.1, 0.15) is 0 Å². The van der Waals surface area contributed by atoms with Crippen molar-refractivity contribution in [2.45, 2.75) is 12.6 Å². The molecule has 1 fully saturated rings. The van der Waals surface area contributed by atoms with Crippen LogP contribution < -0.4 is 4.90 Å². The van der Waals surface area contributed by atoms with Crippen molar-refractivity contribution in [2.24, 2.45) is 0 Å². The minimum atomic E-state index is 0.300. The van der Waals surface area contributed by atoms with Crippen LogP contribution >= 0.6 is 0 Å². The highest BCUT2D eigenvalue weighted by atomic mass is 15.3. The Morgan fingerprint density at radius 2 is 1.17 bits per heavy atom. The molecule has 1 saturated heterocycles. The molecule has 0 N–H and O–H groups in total. The van der Waals surface area contributed by atoms with E-state index in [0.29, 0.717) is 6.04 Å². The first-order chi connectivity index (χ1) is 17.2. The quantitative estimate of drug-likeness (QED) is 0.319. The Hall–Kier alpha value is -3.40. The largest absolute Gasteiger partial charge is 0.377 e. The van der Waals surface area contributed by atoms with Gasteiger partial charge in [-0.3, -0.25) is 9.80 Å². The van der Waals surface area contributed by atoms with E-state index in [1.165, 1.54) is 33.5 Å². The highest BCUT2D eigenvalue weighted by molar-refractivity contribution is 5.74. The fourth-order valence-corrected chi connectivity index (χ4v) is 5.34. The van der Waals surface area contributed by atoms with Crippen LogP contribution in [-0.2, 0) is 6.54 Å². The van der Waals surface area contributed by atoms with Crippen LogP contribution in [0.15, 0.2) is 109 Å². The summed E-state index contributed by atoms with van der Waals surface area (Å²) in [5.74, 6) is 0. The number of piperazine rings is 1. The van der Waals surface area contributed by atoms with Gasteiger partial charge in [-0.15, -0.1) is 0 Å². The zero-order valence-electron chi connectivity index (χ0n) is 20.8. The van der Waals surface area contributed by atoms with Gasteiger partial charge in [0.15, 0.2) is 0 Å². The molecule has 5 rings (SSSR count). The molecular formula is C32H35N3. The Kier molecular flexibility index (Phi) is 7.27. The fourth-order valence-electron chi connectivity index (χ4n) is 5.34. The first-order valence-electron chi connectivity index (χ1n) is 12.6. The molecule has 1 heterocycles. The first-order valence-corrected chi connectivity index (χ1v) is 12.6. The molecule has 0 aliphatic carbocycles. The predicted molar refractivity (Wildman–Crippen MR) is 148 cm³/mol. The fraction of sp³-hybridized carbons (Fsp3) is 0.250. The molecule has 3 heteroatoms. The number of anilines is 1. The summed E-state index contributed by atoms with van der Waals surface area (Å²) in [6, 6.07) is 39.7. The number of rotatable bonds is 7. The lowest BCUT2D eigenvalue weighted by atomic mass is 9.95. The van der Waals surface area contributed by atoms with E-state index >= 15 is 0 Å². The van der Waals surface area contributed by atoms with Gasteiger partial charge >= 0.3 is 0 Å². The SMILES string of the molecule is CN(C)c1cccc(-c2ccccc2)c1CN1CCN(C(c2ccccc2)c2ccccc2)CC1. The summed E-state index contributed by atoms with van der Waals surface area (Å²) >= 11 is 0. The molecule has 0 spiro atoms. The average Bonchev–Trinajstić information content (AvgIpc) is 2.91. The summed E-state index contributed by atoms with van der Waals surface area (Å²) in [7, 11) is 4.30. The molecule has 0 bridgehead atoms. The minimum absolute atomic E-state index is 0.300. The van der Waals surface area contributed by atoms with E-state index < -0.39 is 0 Å². The van der Waals surface area contributed by atoms with E-state index in [2.05, 4.69) is 138 Å². The van der Waals surface area contributed by atoms with Crippen LogP contribution in [0.1, 0.15) is 22.7 Å². The van der Waals surface area contributed by atoms with Crippen molar-refractivity contribution in [3.8, 4) is 11.1 Å². The molecule has 3 nitrogen and oxygen atoms in total. The number of benzene rings is 4. The maximum absolute atomic E-state index is 2.65. The second-order valence-electron chi connectivity index (χ2n) is 9.60. The molecule has 4 aromatic rings. The highest BCUT2D eigenvalue weighted by Gasteiger charge is 2.27. The molecule has 178 valence electrons. The summed E-state index contributed by atoms with van der Waals surface area (Å²) < 4.78 is 0. The Morgan fingerprint density at radius 3 is 1.71 bits per heavy atom. The standard InChI is InChI=1S/C32H35N3/c1-33(2)31-20-12-19-29(26-13-6-3-7-14-26)30(31)25-34-21-23-35(24-22-34)32(27-15-8-4-9-16-27)28-17-10-5-11-18-28/h3-20,32H,21-25H2,1-2H3. The van der Waals surface area contributed by atoms with Gasteiger partial charge in [0.05, 0.1) is 6.04 Å². The van der Waals surface area contributed by atoms with E-state index in [4.69, 9.17) is 0 Å². The van der Waals surface area contributed by atoms with Gasteiger partial charge in [-0.2, -0.15) is 0 Å². The zero-order chi connectivity index (χ0) is 24.0. The smallest absolute Gasteiger partial charge is 0.0602 e. The molecule has 0 unspecified atom stereocenters. The van der Waals surface area contributed by atoms with Crippen molar-refractivity contribution >= 4 is 5.69 Å². The molecule has 1 aliphatic rings. The Balaban J connectivity index is 1.37. The maximum atomic E-state index is 2.65. The highest BCUT2D eigenvalue weighted by Crippen LogP contribution is 2.33. The van der Waals surface area contributed by atoms with Crippen LogP contribution in [0.2, 0.25) is 0 Å². The van der Waals surface area contributed by atoms with Gasteiger partial charge in [-0.25, -0.2) is 0 Å². The van der Waals surface area contributed by atoms with Crippen LogP contribution in [0.5, 0.6) is 0 Å². The lowest BCUT2D eigenvalue weighted by Crippen LogP contribution is -2.47. The van der Waals surface area contributed by atoms with Crippen molar-refractivity contribution < 1.29 is 0 Å². The third-order valence-electron chi connectivity index (χ3n) is 7.10. The average molecular weight is 462 g/mol. The summed E-state index contributed by atoms with van der Waals surface area (Å²) in [5, 5.41) is 0. The Bertz CT molecular complexity index is 1160. The second kappa shape index (κ2) is 10.9. The number of hydrogen-bond donors (Lipinski definition) is 0. The molecular weight excluding hydrogens is 426 g/mol. The Labute approximate surface area is 210 Å². The number of hydrogen-bond acceptors (Lipinski definition) is 3. The maximum Gasteiger partial charge on any atom is 0.0602 e. The monoisotopic (exact) mass is 461 g/mol. The van der Waals surface area contributed by atoms with Gasteiger partial charge in [0.25, 0.3) is 0 Å². The zero-order valence-corrected chi connectivity index (χ0v) is 20.8. The van der Waals surface area contributed by atoms with Gasteiger partial charge < -0.3 is 4.90 Å². The van der Waals surface area contributed by atoms with Crippen molar-refractivity contribution in [1.29, 1.82) is 0 Å². The molecule has 0 amide bonds. The third kappa shape index (κ3) is 5.32. The number of nitrogens with zero attached hydrogens (tertiary/aromatic N) is 3. The van der Waals surface area contributed by atoms with Crippen LogP contribution in [-0.4, -0.2) is 50.1 Å². The van der Waals surface area contributed by atoms with Gasteiger partial charge in [-0.05, 0) is 33.9 Å². The van der Waals surface area contributed by atoms with E-state index in [0.717, 1.165) is 32.7 Å². The molecule has 0 aromatic heterocycles. The van der Waals surface area contributed by atoms with Gasteiger partial charge in [0.2, 0.25) is 0 Å². The summed E-state index contributed by atoms with van der Waals surface area (Å²) in [6.45, 7) is 5.20. The lowest BCUT2D eigenvalue weighted by molar-refractivity contribution is 0.105. The van der Waals surface area contributed by atoms with E-state index in [-0.39, 0.29) is 0 Å². The molecule has 0 atom stereocenters. The van der Waals surface area contributed by atoms with E-state index in [1.54, 1.807) is 0 Å². The van der Waals surface area contributed by atoms with Crippen molar-refractivity contribution in [3.63, 3.8) is 0 Å². The van der Waals surface area contributed by atoms with Crippen LogP contribution in [0.25, 0.3) is 11.1 Å². The molecule has 0 saturated carbocycles. The minimum Gasteiger partial charge on any atom is -0.377 e. The lowest BCUT2D eigenvalue weighted by Gasteiger charge is -2.40. The molecule has 4 aromatic carbocycles. The third-order valence-corrected chi connectivity index (χ3v) is 7.10. The van der Waals surface area contributed by atoms with Crippen molar-refractivity contribution in [2.75, 3.05) is 45.2 Å². The van der Waals surface area contributed by atoms with Crippen LogP contribution in [0.4, 0.5) is 5.69 Å². The van der Waals surface area contributed by atoms with Crippen molar-refractivity contribution in [3.05, 3.63) is 126 Å². The topological polar surface area (TPSA) is 9.72 Å². The Morgan fingerprint density at radius 1 is 0.629 bits per heavy atom. The molecule has 1 aliphatic heterocycles. The summed E-state index contributed by atoms with van der Waals surface area (Å²) in [4.78, 5) is 7.52. The van der Waals surface area contributed by atoms with Crippen LogP contribution in [0.3, 0.4) is 0 Å². The first kappa shape index (κ1) is 23.3. The van der Waals surface area contributed by atoms with E-state index in [9.17, 15) is 0 Å². The second-order valence-corrected chi connectivity index (χ2v) is 9.60. The summed E-state index contributed by atoms with van der Waals surface area (Å²) in [5.41, 5.74) is 8.09.